The summed E-state index contributed by atoms with van der Waals surface area (Å²) in [5.74, 6) is 0. The number of rotatable bonds is 2. The van der Waals surface area contributed by atoms with Gasteiger partial charge in [0, 0.05) is 17.4 Å². The molecule has 1 aliphatic rings. The third kappa shape index (κ3) is 3.05. The van der Waals surface area contributed by atoms with Gasteiger partial charge < -0.3 is 4.90 Å². The maximum atomic E-state index is 14.6. The van der Waals surface area contributed by atoms with Crippen molar-refractivity contribution < 1.29 is 4.39 Å². The lowest BCUT2D eigenvalue weighted by molar-refractivity contribution is 0.0591. The van der Waals surface area contributed by atoms with Crippen LogP contribution in [0.5, 0.6) is 0 Å². The molecule has 0 aromatic heterocycles. The lowest BCUT2D eigenvalue weighted by Crippen LogP contribution is -2.44. The summed E-state index contributed by atoms with van der Waals surface area (Å²) in [7, 11) is 2.00. The van der Waals surface area contributed by atoms with Crippen molar-refractivity contribution in [1.29, 1.82) is 0 Å². The van der Waals surface area contributed by atoms with E-state index in [0.717, 1.165) is 23.0 Å². The Morgan fingerprint density at radius 3 is 2.69 bits per heavy atom. The highest BCUT2D eigenvalue weighted by molar-refractivity contribution is 9.10. The summed E-state index contributed by atoms with van der Waals surface area (Å²) in [6.07, 6.45) is 2.18. The predicted octanol–water partition coefficient (Wildman–Crippen LogP) is 3.43. The molecule has 1 heterocycles. The first-order valence-electron chi connectivity index (χ1n) is 5.69. The SMILES string of the molecule is CN1CCCC(F)(Cc2ccc(Br)cc2)C1. The molecule has 1 fully saturated rings. The van der Waals surface area contributed by atoms with Gasteiger partial charge in [-0.25, -0.2) is 4.39 Å². The zero-order chi connectivity index (χ0) is 11.6. The third-order valence-electron chi connectivity index (χ3n) is 3.15. The van der Waals surface area contributed by atoms with Gasteiger partial charge in [0.15, 0.2) is 0 Å². The maximum absolute atomic E-state index is 14.6. The molecule has 1 nitrogen and oxygen atoms in total. The van der Waals surface area contributed by atoms with E-state index in [1.165, 1.54) is 0 Å². The minimum Gasteiger partial charge on any atom is -0.303 e. The van der Waals surface area contributed by atoms with Crippen LogP contribution in [-0.2, 0) is 6.42 Å². The van der Waals surface area contributed by atoms with E-state index in [-0.39, 0.29) is 0 Å². The van der Waals surface area contributed by atoms with Gasteiger partial charge in [0.1, 0.15) is 5.67 Å². The fraction of sp³-hybridized carbons (Fsp3) is 0.538. The lowest BCUT2D eigenvalue weighted by Gasteiger charge is -2.35. The first-order chi connectivity index (χ1) is 7.57. The van der Waals surface area contributed by atoms with Crippen LogP contribution in [0.4, 0.5) is 4.39 Å². The quantitative estimate of drug-likeness (QED) is 0.805. The second kappa shape index (κ2) is 4.84. The van der Waals surface area contributed by atoms with Crippen LogP contribution in [0.1, 0.15) is 18.4 Å². The monoisotopic (exact) mass is 285 g/mol. The largest absolute Gasteiger partial charge is 0.303 e. The van der Waals surface area contributed by atoms with Crippen LogP contribution >= 0.6 is 15.9 Å². The molecule has 0 bridgehead atoms. The van der Waals surface area contributed by atoms with E-state index < -0.39 is 5.67 Å². The number of hydrogen-bond acceptors (Lipinski definition) is 1. The molecule has 0 aliphatic carbocycles. The van der Waals surface area contributed by atoms with Gasteiger partial charge in [-0.15, -0.1) is 0 Å². The molecule has 16 heavy (non-hydrogen) atoms. The van der Waals surface area contributed by atoms with Crippen LogP contribution in [0.15, 0.2) is 28.7 Å². The Morgan fingerprint density at radius 2 is 2.06 bits per heavy atom. The highest BCUT2D eigenvalue weighted by Gasteiger charge is 2.34. The number of hydrogen-bond donors (Lipinski definition) is 0. The number of nitrogens with zero attached hydrogens (tertiary/aromatic N) is 1. The molecule has 3 heteroatoms. The lowest BCUT2D eigenvalue weighted by atomic mass is 9.88. The number of piperidine rings is 1. The van der Waals surface area contributed by atoms with E-state index in [4.69, 9.17) is 0 Å². The molecule has 0 radical (unpaired) electrons. The molecule has 1 atom stereocenters. The zero-order valence-electron chi connectivity index (χ0n) is 9.55. The van der Waals surface area contributed by atoms with Crippen molar-refractivity contribution in [3.63, 3.8) is 0 Å². The summed E-state index contributed by atoms with van der Waals surface area (Å²) >= 11 is 3.39. The summed E-state index contributed by atoms with van der Waals surface area (Å²) in [6.45, 7) is 1.58. The molecule has 88 valence electrons. The average molecular weight is 286 g/mol. The number of benzene rings is 1. The molecular weight excluding hydrogens is 269 g/mol. The normalized spacial score (nSPS) is 26.9. The number of alkyl halides is 1. The van der Waals surface area contributed by atoms with E-state index in [1.807, 2.05) is 31.3 Å². The molecule has 1 saturated heterocycles. The van der Waals surface area contributed by atoms with Gasteiger partial charge in [0.25, 0.3) is 0 Å². The van der Waals surface area contributed by atoms with Crippen LogP contribution in [0.3, 0.4) is 0 Å². The van der Waals surface area contributed by atoms with Crippen molar-refractivity contribution in [3.05, 3.63) is 34.3 Å². The van der Waals surface area contributed by atoms with Crippen molar-refractivity contribution in [2.24, 2.45) is 0 Å². The Morgan fingerprint density at radius 1 is 1.38 bits per heavy atom. The second-order valence-corrected chi connectivity index (χ2v) is 5.71. The first-order valence-corrected chi connectivity index (χ1v) is 6.49. The third-order valence-corrected chi connectivity index (χ3v) is 3.68. The van der Waals surface area contributed by atoms with Gasteiger partial charge in [-0.1, -0.05) is 28.1 Å². The van der Waals surface area contributed by atoms with E-state index in [2.05, 4.69) is 20.8 Å². The Kier molecular flexibility index (Phi) is 3.65. The zero-order valence-corrected chi connectivity index (χ0v) is 11.1. The average Bonchev–Trinajstić information content (AvgIpc) is 2.21. The summed E-state index contributed by atoms with van der Waals surface area (Å²) in [6, 6.07) is 7.95. The Hall–Kier alpha value is -0.410. The van der Waals surface area contributed by atoms with Crippen molar-refractivity contribution in [1.82, 2.24) is 4.90 Å². The predicted molar refractivity (Wildman–Crippen MR) is 68.4 cm³/mol. The fourth-order valence-electron chi connectivity index (χ4n) is 2.42. The molecule has 0 N–H and O–H groups in total. The summed E-state index contributed by atoms with van der Waals surface area (Å²) in [5.41, 5.74) is 0.0434. The Bertz CT molecular complexity index is 351. The van der Waals surface area contributed by atoms with Gasteiger partial charge in [0.05, 0.1) is 0 Å². The molecule has 0 spiro atoms. The van der Waals surface area contributed by atoms with Gasteiger partial charge in [-0.3, -0.25) is 0 Å². The van der Waals surface area contributed by atoms with Crippen LogP contribution in [0.2, 0.25) is 0 Å². The van der Waals surface area contributed by atoms with Gasteiger partial charge in [0.2, 0.25) is 0 Å². The van der Waals surface area contributed by atoms with E-state index >= 15 is 0 Å². The van der Waals surface area contributed by atoms with Crippen molar-refractivity contribution in [2.45, 2.75) is 24.9 Å². The summed E-state index contributed by atoms with van der Waals surface area (Å²) in [4.78, 5) is 2.09. The molecular formula is C13H17BrFN. The van der Waals surface area contributed by atoms with Crippen molar-refractivity contribution in [3.8, 4) is 0 Å². The van der Waals surface area contributed by atoms with Crippen LogP contribution in [-0.4, -0.2) is 30.7 Å². The molecule has 0 amide bonds. The van der Waals surface area contributed by atoms with Crippen molar-refractivity contribution >= 4 is 15.9 Å². The van der Waals surface area contributed by atoms with Gasteiger partial charge >= 0.3 is 0 Å². The first kappa shape index (κ1) is 12.1. The molecule has 1 aliphatic heterocycles. The van der Waals surface area contributed by atoms with Crippen LogP contribution < -0.4 is 0 Å². The standard InChI is InChI=1S/C13H17BrFN/c1-16-8-2-7-13(15,10-16)9-11-3-5-12(14)6-4-11/h3-6H,2,7-10H2,1H3. The van der Waals surface area contributed by atoms with Gasteiger partial charge in [-0.05, 0) is 44.1 Å². The highest BCUT2D eigenvalue weighted by atomic mass is 79.9. The van der Waals surface area contributed by atoms with Gasteiger partial charge in [-0.2, -0.15) is 0 Å². The molecule has 1 aromatic carbocycles. The Balaban J connectivity index is 2.05. The molecule has 0 saturated carbocycles. The second-order valence-electron chi connectivity index (χ2n) is 4.80. The van der Waals surface area contributed by atoms with Crippen molar-refractivity contribution in [2.75, 3.05) is 20.1 Å². The van der Waals surface area contributed by atoms with E-state index in [0.29, 0.717) is 19.4 Å². The van der Waals surface area contributed by atoms with E-state index in [9.17, 15) is 4.39 Å². The fourth-order valence-corrected chi connectivity index (χ4v) is 2.68. The minimum atomic E-state index is -1.04. The minimum absolute atomic E-state index is 0.532. The topological polar surface area (TPSA) is 3.24 Å². The van der Waals surface area contributed by atoms with Crippen LogP contribution in [0.25, 0.3) is 0 Å². The number of halogens is 2. The van der Waals surface area contributed by atoms with E-state index in [1.54, 1.807) is 0 Å². The Labute approximate surface area is 105 Å². The maximum Gasteiger partial charge on any atom is 0.127 e. The molecule has 1 aromatic rings. The van der Waals surface area contributed by atoms with Crippen LogP contribution in [0, 0.1) is 0 Å². The summed E-state index contributed by atoms with van der Waals surface area (Å²) < 4.78 is 15.6. The molecule has 1 unspecified atom stereocenters. The highest BCUT2D eigenvalue weighted by Crippen LogP contribution is 2.28. The number of likely N-dealkylation sites (tertiary alicyclic amines) is 1. The molecule has 2 rings (SSSR count). The summed E-state index contributed by atoms with van der Waals surface area (Å²) in [5, 5.41) is 0. The smallest absolute Gasteiger partial charge is 0.127 e.